The van der Waals surface area contributed by atoms with Crippen LogP contribution in [0.1, 0.15) is 31.2 Å². The number of aryl methyl sites for hydroxylation is 1. The van der Waals surface area contributed by atoms with Gasteiger partial charge in [-0.3, -0.25) is 0 Å². The Kier molecular flexibility index (Phi) is 4.45. The van der Waals surface area contributed by atoms with E-state index in [2.05, 4.69) is 72.9 Å². The Morgan fingerprint density at radius 2 is 2.06 bits per heavy atom. The van der Waals surface area contributed by atoms with E-state index in [0.717, 1.165) is 23.6 Å². The molecule has 0 spiro atoms. The van der Waals surface area contributed by atoms with E-state index in [-0.39, 0.29) is 6.04 Å². The lowest BCUT2D eigenvalue weighted by molar-refractivity contribution is 0.445. The summed E-state index contributed by atoms with van der Waals surface area (Å²) in [7, 11) is 0. The second kappa shape index (κ2) is 5.89. The SMILES string of the molecule is CCNC(C)c1ccc(-c2ccc(C)c(I)c2)o1. The second-order valence-electron chi connectivity index (χ2n) is 4.45. The minimum atomic E-state index is 0.258. The van der Waals surface area contributed by atoms with Crippen LogP contribution in [-0.4, -0.2) is 6.54 Å². The molecule has 0 aliphatic heterocycles. The minimum Gasteiger partial charge on any atom is -0.459 e. The smallest absolute Gasteiger partial charge is 0.134 e. The molecule has 0 bridgehead atoms. The van der Waals surface area contributed by atoms with E-state index in [1.807, 2.05) is 6.07 Å². The average Bonchev–Trinajstić information content (AvgIpc) is 2.82. The first kappa shape index (κ1) is 13.6. The van der Waals surface area contributed by atoms with Gasteiger partial charge >= 0.3 is 0 Å². The number of benzene rings is 1. The van der Waals surface area contributed by atoms with Crippen LogP contribution in [0.15, 0.2) is 34.7 Å². The standard InChI is InChI=1S/C15H18INO/c1-4-17-11(3)14-7-8-15(18-14)12-6-5-10(2)13(16)9-12/h5-9,11,17H,4H2,1-3H3. The van der Waals surface area contributed by atoms with Gasteiger partial charge in [0.15, 0.2) is 0 Å². The predicted octanol–water partition coefficient (Wildman–Crippen LogP) is 4.53. The van der Waals surface area contributed by atoms with Crippen molar-refractivity contribution in [3.63, 3.8) is 0 Å². The third-order valence-corrected chi connectivity index (χ3v) is 4.18. The van der Waals surface area contributed by atoms with Crippen molar-refractivity contribution in [3.8, 4) is 11.3 Å². The van der Waals surface area contributed by atoms with E-state index in [1.165, 1.54) is 9.13 Å². The van der Waals surface area contributed by atoms with Gasteiger partial charge in [0, 0.05) is 9.13 Å². The van der Waals surface area contributed by atoms with Crippen molar-refractivity contribution in [1.29, 1.82) is 0 Å². The molecular weight excluding hydrogens is 337 g/mol. The largest absolute Gasteiger partial charge is 0.459 e. The van der Waals surface area contributed by atoms with Crippen LogP contribution < -0.4 is 5.32 Å². The molecule has 2 aromatic rings. The highest BCUT2D eigenvalue weighted by atomic mass is 127. The van der Waals surface area contributed by atoms with Crippen molar-refractivity contribution < 1.29 is 4.42 Å². The van der Waals surface area contributed by atoms with Gasteiger partial charge in [0.05, 0.1) is 6.04 Å². The molecule has 1 aromatic heterocycles. The van der Waals surface area contributed by atoms with Crippen LogP contribution in [-0.2, 0) is 0 Å². The third kappa shape index (κ3) is 2.95. The molecule has 2 nitrogen and oxygen atoms in total. The first-order valence-electron chi connectivity index (χ1n) is 6.21. The number of rotatable bonds is 4. The summed E-state index contributed by atoms with van der Waals surface area (Å²) in [5, 5.41) is 3.35. The Morgan fingerprint density at radius 3 is 2.72 bits per heavy atom. The van der Waals surface area contributed by atoms with Crippen LogP contribution >= 0.6 is 22.6 Å². The highest BCUT2D eigenvalue weighted by Gasteiger charge is 2.10. The monoisotopic (exact) mass is 355 g/mol. The van der Waals surface area contributed by atoms with E-state index in [9.17, 15) is 0 Å². The Morgan fingerprint density at radius 1 is 1.28 bits per heavy atom. The molecule has 0 saturated heterocycles. The summed E-state index contributed by atoms with van der Waals surface area (Å²) < 4.78 is 7.18. The molecule has 1 N–H and O–H groups in total. The molecule has 1 atom stereocenters. The van der Waals surface area contributed by atoms with Crippen LogP contribution in [0.25, 0.3) is 11.3 Å². The fourth-order valence-corrected chi connectivity index (χ4v) is 2.41. The van der Waals surface area contributed by atoms with Gasteiger partial charge in [0.25, 0.3) is 0 Å². The average molecular weight is 355 g/mol. The van der Waals surface area contributed by atoms with E-state index >= 15 is 0 Å². The Labute approximate surface area is 122 Å². The molecule has 0 fully saturated rings. The van der Waals surface area contributed by atoms with E-state index in [0.29, 0.717) is 0 Å². The highest BCUT2D eigenvalue weighted by Crippen LogP contribution is 2.27. The lowest BCUT2D eigenvalue weighted by Crippen LogP contribution is -2.16. The van der Waals surface area contributed by atoms with Crippen LogP contribution in [0.5, 0.6) is 0 Å². The van der Waals surface area contributed by atoms with Crippen molar-refractivity contribution >= 4 is 22.6 Å². The molecule has 1 aromatic carbocycles. The van der Waals surface area contributed by atoms with Gasteiger partial charge in [0.1, 0.15) is 11.5 Å². The maximum absolute atomic E-state index is 5.91. The molecule has 18 heavy (non-hydrogen) atoms. The molecule has 3 heteroatoms. The lowest BCUT2D eigenvalue weighted by atomic mass is 10.1. The molecule has 0 aliphatic rings. The third-order valence-electron chi connectivity index (χ3n) is 3.02. The Balaban J connectivity index is 2.26. The van der Waals surface area contributed by atoms with Crippen LogP contribution in [0.3, 0.4) is 0 Å². The number of hydrogen-bond donors (Lipinski definition) is 1. The van der Waals surface area contributed by atoms with Gasteiger partial charge in [-0.05, 0) is 66.7 Å². The summed E-state index contributed by atoms with van der Waals surface area (Å²) in [5.74, 6) is 1.93. The number of hydrogen-bond acceptors (Lipinski definition) is 2. The van der Waals surface area contributed by atoms with E-state index in [4.69, 9.17) is 4.42 Å². The molecular formula is C15H18INO. The number of furan rings is 1. The predicted molar refractivity (Wildman–Crippen MR) is 83.7 cm³/mol. The summed E-state index contributed by atoms with van der Waals surface area (Å²) in [4.78, 5) is 0. The molecule has 0 aliphatic carbocycles. The zero-order valence-electron chi connectivity index (χ0n) is 11.0. The molecule has 0 saturated carbocycles. The topological polar surface area (TPSA) is 25.2 Å². The summed E-state index contributed by atoms with van der Waals surface area (Å²) in [6.07, 6.45) is 0. The quantitative estimate of drug-likeness (QED) is 0.816. The van der Waals surface area contributed by atoms with E-state index < -0.39 is 0 Å². The van der Waals surface area contributed by atoms with Crippen molar-refractivity contribution in [2.45, 2.75) is 26.8 Å². The van der Waals surface area contributed by atoms with Crippen LogP contribution in [0.4, 0.5) is 0 Å². The zero-order chi connectivity index (χ0) is 13.1. The van der Waals surface area contributed by atoms with Crippen LogP contribution in [0.2, 0.25) is 0 Å². The molecule has 96 valence electrons. The first-order valence-corrected chi connectivity index (χ1v) is 7.29. The second-order valence-corrected chi connectivity index (χ2v) is 5.61. The van der Waals surface area contributed by atoms with E-state index in [1.54, 1.807) is 0 Å². The highest BCUT2D eigenvalue weighted by molar-refractivity contribution is 14.1. The van der Waals surface area contributed by atoms with Gasteiger partial charge < -0.3 is 9.73 Å². The summed E-state index contributed by atoms with van der Waals surface area (Å²) in [6.45, 7) is 7.28. The van der Waals surface area contributed by atoms with Gasteiger partial charge in [-0.2, -0.15) is 0 Å². The Hall–Kier alpha value is -0.810. The van der Waals surface area contributed by atoms with Gasteiger partial charge in [-0.15, -0.1) is 0 Å². The summed E-state index contributed by atoms with van der Waals surface area (Å²) >= 11 is 2.36. The summed E-state index contributed by atoms with van der Waals surface area (Å²) in [5.41, 5.74) is 2.44. The van der Waals surface area contributed by atoms with Crippen LogP contribution in [0, 0.1) is 10.5 Å². The minimum absolute atomic E-state index is 0.258. The fourth-order valence-electron chi connectivity index (χ4n) is 1.89. The zero-order valence-corrected chi connectivity index (χ0v) is 13.1. The van der Waals surface area contributed by atoms with Crippen molar-refractivity contribution in [3.05, 3.63) is 45.2 Å². The van der Waals surface area contributed by atoms with Gasteiger partial charge in [-0.1, -0.05) is 19.1 Å². The normalized spacial score (nSPS) is 12.7. The molecule has 1 heterocycles. The van der Waals surface area contributed by atoms with Gasteiger partial charge in [-0.25, -0.2) is 0 Å². The maximum Gasteiger partial charge on any atom is 0.134 e. The van der Waals surface area contributed by atoms with Gasteiger partial charge in [0.2, 0.25) is 0 Å². The van der Waals surface area contributed by atoms with Crippen molar-refractivity contribution in [2.75, 3.05) is 6.54 Å². The molecule has 1 unspecified atom stereocenters. The van der Waals surface area contributed by atoms with Crippen molar-refractivity contribution in [1.82, 2.24) is 5.32 Å². The molecule has 0 radical (unpaired) electrons. The number of nitrogens with one attached hydrogen (secondary N) is 1. The first-order chi connectivity index (χ1) is 8.61. The lowest BCUT2D eigenvalue weighted by Gasteiger charge is -2.08. The molecule has 2 rings (SSSR count). The maximum atomic E-state index is 5.91. The van der Waals surface area contributed by atoms with Crippen molar-refractivity contribution in [2.24, 2.45) is 0 Å². The number of halogens is 1. The molecule has 0 amide bonds. The Bertz CT molecular complexity index is 533. The summed E-state index contributed by atoms with van der Waals surface area (Å²) in [6, 6.07) is 10.8. The fraction of sp³-hybridized carbons (Fsp3) is 0.333.